The van der Waals surface area contributed by atoms with Crippen molar-refractivity contribution in [2.24, 2.45) is 0 Å². The van der Waals surface area contributed by atoms with Gasteiger partial charge in [0.05, 0.1) is 19.9 Å². The number of methoxy groups -OCH3 is 1. The lowest BCUT2D eigenvalue weighted by atomic mass is 9.92. The van der Waals surface area contributed by atoms with Crippen molar-refractivity contribution >= 4 is 12.1 Å². The van der Waals surface area contributed by atoms with Crippen molar-refractivity contribution in [3.8, 4) is 0 Å². The van der Waals surface area contributed by atoms with Crippen molar-refractivity contribution in [1.82, 2.24) is 20.0 Å². The number of likely N-dealkylation sites (tertiary alicyclic amines) is 1. The summed E-state index contributed by atoms with van der Waals surface area (Å²) in [5.41, 5.74) is 0.739. The molecule has 1 aromatic heterocycles. The Hall–Kier alpha value is -2.09. The molecule has 1 amide bonds. The summed E-state index contributed by atoms with van der Waals surface area (Å²) in [4.78, 5) is 27.1. The number of carbonyl (C=O) groups is 2. The van der Waals surface area contributed by atoms with Crippen molar-refractivity contribution < 1.29 is 19.1 Å². The Morgan fingerprint density at radius 2 is 2.36 bits per heavy atom. The molecule has 0 bridgehead atoms. The maximum Gasteiger partial charge on any atom is 0.410 e. The number of nitrogens with one attached hydrogen (secondary N) is 1. The highest BCUT2D eigenvalue weighted by molar-refractivity contribution is 5.88. The van der Waals surface area contributed by atoms with Crippen molar-refractivity contribution in [2.75, 3.05) is 33.8 Å². The zero-order valence-corrected chi connectivity index (χ0v) is 12.8. The van der Waals surface area contributed by atoms with Crippen LogP contribution in [0.1, 0.15) is 28.9 Å². The standard InChI is InChI=1S/C14H20N4O4/c1-17-8-14(22-13(17)20)4-3-5-18(9-14)7-10-6-15-16-11(10)12(19)21-2/h6H,3-5,7-9H2,1-2H3,(H,15,16). The summed E-state index contributed by atoms with van der Waals surface area (Å²) in [7, 11) is 3.10. The summed E-state index contributed by atoms with van der Waals surface area (Å²) in [5.74, 6) is -0.425. The minimum atomic E-state index is -0.431. The predicted octanol–water partition coefficient (Wildman–Crippen LogP) is 0.613. The van der Waals surface area contributed by atoms with E-state index in [2.05, 4.69) is 15.1 Å². The molecule has 0 saturated carbocycles. The number of esters is 1. The molecule has 120 valence electrons. The monoisotopic (exact) mass is 308 g/mol. The Labute approximate surface area is 128 Å². The molecule has 3 rings (SSSR count). The van der Waals surface area contributed by atoms with Crippen LogP contribution >= 0.6 is 0 Å². The average Bonchev–Trinajstić information content (AvgIpc) is 3.04. The second kappa shape index (κ2) is 5.60. The van der Waals surface area contributed by atoms with E-state index in [1.807, 2.05) is 0 Å². The van der Waals surface area contributed by atoms with Crippen LogP contribution in [0.15, 0.2) is 6.20 Å². The summed E-state index contributed by atoms with van der Waals surface area (Å²) in [6.07, 6.45) is 3.20. The molecule has 0 radical (unpaired) electrons. The van der Waals surface area contributed by atoms with Gasteiger partial charge in [0.25, 0.3) is 0 Å². The largest absolute Gasteiger partial charge is 0.464 e. The van der Waals surface area contributed by atoms with Gasteiger partial charge in [0.15, 0.2) is 0 Å². The Morgan fingerprint density at radius 3 is 3.05 bits per heavy atom. The molecule has 2 aliphatic rings. The second-order valence-electron chi connectivity index (χ2n) is 5.98. The number of ether oxygens (including phenoxy) is 2. The molecule has 1 spiro atoms. The lowest BCUT2D eigenvalue weighted by molar-refractivity contribution is -0.0114. The Kier molecular flexibility index (Phi) is 3.78. The van der Waals surface area contributed by atoms with E-state index in [1.165, 1.54) is 7.11 Å². The van der Waals surface area contributed by atoms with E-state index in [0.717, 1.165) is 24.9 Å². The number of piperidine rings is 1. The first-order valence-corrected chi connectivity index (χ1v) is 7.30. The minimum absolute atomic E-state index is 0.264. The highest BCUT2D eigenvalue weighted by Gasteiger charge is 2.46. The number of nitrogens with zero attached hydrogens (tertiary/aromatic N) is 3. The lowest BCUT2D eigenvalue weighted by Crippen LogP contribution is -2.50. The van der Waals surface area contributed by atoms with Gasteiger partial charge in [-0.3, -0.25) is 10.00 Å². The number of carbonyl (C=O) groups excluding carboxylic acids is 2. The number of hydrogen-bond donors (Lipinski definition) is 1. The Bertz CT molecular complexity index is 587. The maximum atomic E-state index is 11.7. The van der Waals surface area contributed by atoms with E-state index in [0.29, 0.717) is 25.3 Å². The molecule has 0 aliphatic carbocycles. The molecule has 8 nitrogen and oxygen atoms in total. The van der Waals surface area contributed by atoms with Crippen molar-refractivity contribution in [3.05, 3.63) is 17.5 Å². The molecule has 3 heterocycles. The van der Waals surface area contributed by atoms with Crippen LogP contribution in [0.2, 0.25) is 0 Å². The molecule has 1 aromatic rings. The van der Waals surface area contributed by atoms with Gasteiger partial charge in [0.2, 0.25) is 0 Å². The van der Waals surface area contributed by atoms with Crippen LogP contribution in [-0.2, 0) is 16.0 Å². The molecular weight excluding hydrogens is 288 g/mol. The van der Waals surface area contributed by atoms with Gasteiger partial charge in [0, 0.05) is 25.7 Å². The molecule has 0 aromatic carbocycles. The zero-order valence-electron chi connectivity index (χ0n) is 12.8. The van der Waals surface area contributed by atoms with Gasteiger partial charge < -0.3 is 14.4 Å². The number of amides is 1. The Balaban J connectivity index is 1.70. The number of rotatable bonds is 3. The third-order valence-electron chi connectivity index (χ3n) is 4.26. The summed E-state index contributed by atoms with van der Waals surface area (Å²) >= 11 is 0. The number of aromatic nitrogens is 2. The molecule has 22 heavy (non-hydrogen) atoms. The van der Waals surface area contributed by atoms with Gasteiger partial charge in [-0.15, -0.1) is 0 Å². The van der Waals surface area contributed by atoms with Crippen LogP contribution in [0.4, 0.5) is 4.79 Å². The molecule has 1 N–H and O–H groups in total. The van der Waals surface area contributed by atoms with Crippen LogP contribution in [0, 0.1) is 0 Å². The van der Waals surface area contributed by atoms with E-state index in [9.17, 15) is 9.59 Å². The van der Waals surface area contributed by atoms with E-state index in [-0.39, 0.29) is 6.09 Å². The zero-order chi connectivity index (χ0) is 15.7. The molecule has 1 unspecified atom stereocenters. The van der Waals surface area contributed by atoms with Gasteiger partial charge in [-0.25, -0.2) is 9.59 Å². The third-order valence-corrected chi connectivity index (χ3v) is 4.26. The SMILES string of the molecule is COC(=O)c1[nH]ncc1CN1CCCC2(C1)CN(C)C(=O)O2. The normalized spacial score (nSPS) is 25.5. The predicted molar refractivity (Wildman–Crippen MR) is 76.3 cm³/mol. The maximum absolute atomic E-state index is 11.7. The summed E-state index contributed by atoms with van der Waals surface area (Å²) in [6.45, 7) is 2.74. The lowest BCUT2D eigenvalue weighted by Gasteiger charge is -2.38. The van der Waals surface area contributed by atoms with Crippen LogP contribution in [-0.4, -0.2) is 71.5 Å². The number of H-pyrrole nitrogens is 1. The summed E-state index contributed by atoms with van der Waals surface area (Å²) < 4.78 is 10.3. The van der Waals surface area contributed by atoms with Gasteiger partial charge >= 0.3 is 12.1 Å². The van der Waals surface area contributed by atoms with Crippen LogP contribution < -0.4 is 0 Å². The fraction of sp³-hybridized carbons (Fsp3) is 0.643. The average molecular weight is 308 g/mol. The summed E-state index contributed by atoms with van der Waals surface area (Å²) in [6, 6.07) is 0. The first-order valence-electron chi connectivity index (χ1n) is 7.30. The van der Waals surface area contributed by atoms with Crippen molar-refractivity contribution in [2.45, 2.75) is 25.0 Å². The highest BCUT2D eigenvalue weighted by atomic mass is 16.6. The molecule has 2 saturated heterocycles. The number of aromatic amines is 1. The quantitative estimate of drug-likeness (QED) is 0.823. The smallest absolute Gasteiger partial charge is 0.410 e. The first-order chi connectivity index (χ1) is 10.5. The third kappa shape index (κ3) is 2.66. The molecule has 8 heteroatoms. The Morgan fingerprint density at radius 1 is 1.55 bits per heavy atom. The fourth-order valence-electron chi connectivity index (χ4n) is 3.28. The van der Waals surface area contributed by atoms with Crippen LogP contribution in [0.25, 0.3) is 0 Å². The van der Waals surface area contributed by atoms with Crippen molar-refractivity contribution in [3.63, 3.8) is 0 Å². The van der Waals surface area contributed by atoms with Gasteiger partial charge in [-0.2, -0.15) is 5.10 Å². The molecular formula is C14H20N4O4. The van der Waals surface area contributed by atoms with Gasteiger partial charge in [-0.05, 0) is 19.4 Å². The second-order valence-corrected chi connectivity index (χ2v) is 5.98. The fourth-order valence-corrected chi connectivity index (χ4v) is 3.28. The van der Waals surface area contributed by atoms with Crippen LogP contribution in [0.3, 0.4) is 0 Å². The minimum Gasteiger partial charge on any atom is -0.464 e. The topological polar surface area (TPSA) is 87.8 Å². The molecule has 2 fully saturated rings. The summed E-state index contributed by atoms with van der Waals surface area (Å²) in [5, 5.41) is 6.60. The molecule has 1 atom stereocenters. The number of hydrogen-bond acceptors (Lipinski definition) is 6. The van der Waals surface area contributed by atoms with E-state index in [1.54, 1.807) is 18.1 Å². The number of likely N-dealkylation sites (N-methyl/N-ethyl adjacent to an activating group) is 1. The molecule has 2 aliphatic heterocycles. The van der Waals surface area contributed by atoms with Crippen molar-refractivity contribution in [1.29, 1.82) is 0 Å². The van der Waals surface area contributed by atoms with Gasteiger partial charge in [0.1, 0.15) is 11.3 Å². The van der Waals surface area contributed by atoms with E-state index < -0.39 is 11.6 Å². The van der Waals surface area contributed by atoms with Crippen LogP contribution in [0.5, 0.6) is 0 Å². The highest BCUT2D eigenvalue weighted by Crippen LogP contribution is 2.32. The van der Waals surface area contributed by atoms with E-state index in [4.69, 9.17) is 9.47 Å². The first kappa shape index (κ1) is 14.8. The van der Waals surface area contributed by atoms with Gasteiger partial charge in [-0.1, -0.05) is 0 Å². The van der Waals surface area contributed by atoms with E-state index >= 15 is 0 Å².